The Labute approximate surface area is 145 Å². The first kappa shape index (κ1) is 16.6. The molecule has 6 heteroatoms. The molecule has 1 atom stereocenters. The van der Waals surface area contributed by atoms with Crippen molar-refractivity contribution < 1.29 is 9.53 Å². The van der Waals surface area contributed by atoms with Gasteiger partial charge in [-0.2, -0.15) is 0 Å². The van der Waals surface area contributed by atoms with Crippen LogP contribution < -0.4 is 0 Å². The summed E-state index contributed by atoms with van der Waals surface area (Å²) in [5.41, 5.74) is 2.50. The average Bonchev–Trinajstić information content (AvgIpc) is 3.10. The standard InChI is InChI=1S/C17H22N2O2S2/c1-11(2)21-17(20)8-16-18-13(10-23-16)9-19-6-4-15-14(12(19)3)5-7-22-15/h5,7,10-12H,4,6,8-9H2,1-3H3. The Kier molecular flexibility index (Phi) is 5.14. The number of rotatable bonds is 5. The second kappa shape index (κ2) is 7.11. The third-order valence-electron chi connectivity index (χ3n) is 4.03. The van der Waals surface area contributed by atoms with Gasteiger partial charge in [-0.1, -0.05) is 0 Å². The molecule has 1 aliphatic rings. The molecule has 0 N–H and O–H groups in total. The monoisotopic (exact) mass is 350 g/mol. The minimum Gasteiger partial charge on any atom is -0.463 e. The van der Waals surface area contributed by atoms with Crippen molar-refractivity contribution in [3.8, 4) is 0 Å². The molecule has 3 heterocycles. The summed E-state index contributed by atoms with van der Waals surface area (Å²) in [6.45, 7) is 7.89. The lowest BCUT2D eigenvalue weighted by Crippen LogP contribution is -2.32. The molecule has 1 unspecified atom stereocenters. The van der Waals surface area contributed by atoms with Crippen LogP contribution in [0.3, 0.4) is 0 Å². The fourth-order valence-corrected chi connectivity index (χ4v) is 4.65. The maximum Gasteiger partial charge on any atom is 0.312 e. The van der Waals surface area contributed by atoms with Gasteiger partial charge in [0.1, 0.15) is 5.01 Å². The molecule has 23 heavy (non-hydrogen) atoms. The van der Waals surface area contributed by atoms with E-state index in [9.17, 15) is 4.79 Å². The van der Waals surface area contributed by atoms with Crippen molar-refractivity contribution in [3.05, 3.63) is 38.0 Å². The van der Waals surface area contributed by atoms with Crippen LogP contribution >= 0.6 is 22.7 Å². The first-order chi connectivity index (χ1) is 11.0. The normalized spacial score (nSPS) is 18.2. The molecule has 0 aliphatic carbocycles. The lowest BCUT2D eigenvalue weighted by Gasteiger charge is -2.32. The number of hydrogen-bond acceptors (Lipinski definition) is 6. The number of nitrogens with zero attached hydrogens (tertiary/aromatic N) is 2. The maximum atomic E-state index is 11.7. The molecule has 0 radical (unpaired) electrons. The number of carbonyl (C=O) groups excluding carboxylic acids is 1. The van der Waals surface area contributed by atoms with Crippen molar-refractivity contribution in [2.75, 3.05) is 6.54 Å². The summed E-state index contributed by atoms with van der Waals surface area (Å²) in [4.78, 5) is 20.3. The minimum absolute atomic E-state index is 0.0732. The van der Waals surface area contributed by atoms with Gasteiger partial charge >= 0.3 is 5.97 Å². The molecular formula is C17H22N2O2S2. The van der Waals surface area contributed by atoms with Crippen LogP contribution in [0.25, 0.3) is 0 Å². The summed E-state index contributed by atoms with van der Waals surface area (Å²) in [5.74, 6) is -0.199. The van der Waals surface area contributed by atoms with E-state index in [2.05, 4.69) is 33.6 Å². The summed E-state index contributed by atoms with van der Waals surface area (Å²) in [5, 5.41) is 5.09. The quantitative estimate of drug-likeness (QED) is 0.769. The number of carbonyl (C=O) groups is 1. The highest BCUT2D eigenvalue weighted by molar-refractivity contribution is 7.10. The number of thiazole rings is 1. The van der Waals surface area contributed by atoms with Crippen molar-refractivity contribution in [3.63, 3.8) is 0 Å². The van der Waals surface area contributed by atoms with Crippen LogP contribution in [0.2, 0.25) is 0 Å². The molecule has 124 valence electrons. The van der Waals surface area contributed by atoms with Crippen LogP contribution in [-0.2, 0) is 28.9 Å². The van der Waals surface area contributed by atoms with Gasteiger partial charge in [0.2, 0.25) is 0 Å². The third-order valence-corrected chi connectivity index (χ3v) is 5.93. The minimum atomic E-state index is -0.199. The van der Waals surface area contributed by atoms with Crippen molar-refractivity contribution in [2.45, 2.75) is 52.3 Å². The smallest absolute Gasteiger partial charge is 0.312 e. The van der Waals surface area contributed by atoms with E-state index in [4.69, 9.17) is 4.74 Å². The van der Waals surface area contributed by atoms with E-state index in [-0.39, 0.29) is 18.5 Å². The lowest BCUT2D eigenvalue weighted by molar-refractivity contribution is -0.146. The highest BCUT2D eigenvalue weighted by Crippen LogP contribution is 2.33. The molecule has 4 nitrogen and oxygen atoms in total. The Morgan fingerprint density at radius 1 is 1.48 bits per heavy atom. The fourth-order valence-electron chi connectivity index (χ4n) is 2.92. The van der Waals surface area contributed by atoms with Gasteiger partial charge in [-0.05, 0) is 44.2 Å². The number of fused-ring (bicyclic) bond motifs is 1. The summed E-state index contributed by atoms with van der Waals surface area (Å²) in [6.07, 6.45) is 1.32. The first-order valence-corrected chi connectivity index (χ1v) is 9.72. The molecule has 2 aromatic heterocycles. The van der Waals surface area contributed by atoms with Crippen molar-refractivity contribution >= 4 is 28.6 Å². The summed E-state index contributed by atoms with van der Waals surface area (Å²) in [6, 6.07) is 2.67. The molecular weight excluding hydrogens is 328 g/mol. The summed E-state index contributed by atoms with van der Waals surface area (Å²) in [7, 11) is 0. The Morgan fingerprint density at radius 2 is 2.30 bits per heavy atom. The van der Waals surface area contributed by atoms with E-state index in [0.29, 0.717) is 6.04 Å². The molecule has 0 amide bonds. The summed E-state index contributed by atoms with van der Waals surface area (Å²) < 4.78 is 5.18. The van der Waals surface area contributed by atoms with Gasteiger partial charge in [0, 0.05) is 29.4 Å². The number of esters is 1. The molecule has 0 saturated carbocycles. The summed E-state index contributed by atoms with van der Waals surface area (Å²) >= 11 is 3.41. The molecule has 0 spiro atoms. The van der Waals surface area contributed by atoms with E-state index >= 15 is 0 Å². The predicted octanol–water partition coefficient (Wildman–Crippen LogP) is 3.82. The number of ether oxygens (including phenoxy) is 1. The molecule has 1 aliphatic heterocycles. The zero-order valence-corrected chi connectivity index (χ0v) is 15.4. The highest BCUT2D eigenvalue weighted by atomic mass is 32.1. The molecule has 0 aromatic carbocycles. The lowest BCUT2D eigenvalue weighted by atomic mass is 10.0. The van der Waals surface area contributed by atoms with Crippen molar-refractivity contribution in [1.82, 2.24) is 9.88 Å². The topological polar surface area (TPSA) is 42.4 Å². The Morgan fingerprint density at radius 3 is 3.09 bits per heavy atom. The largest absolute Gasteiger partial charge is 0.463 e. The number of aromatic nitrogens is 1. The molecule has 0 saturated heterocycles. The average molecular weight is 351 g/mol. The van der Waals surface area contributed by atoms with Gasteiger partial charge in [0.05, 0.1) is 18.2 Å². The first-order valence-electron chi connectivity index (χ1n) is 7.96. The maximum absolute atomic E-state index is 11.7. The Bertz CT molecular complexity index is 678. The van der Waals surface area contributed by atoms with Crippen LogP contribution in [0.5, 0.6) is 0 Å². The highest BCUT2D eigenvalue weighted by Gasteiger charge is 2.25. The third kappa shape index (κ3) is 4.00. The Balaban J connectivity index is 1.60. The van der Waals surface area contributed by atoms with Crippen LogP contribution in [0.4, 0.5) is 0 Å². The zero-order chi connectivity index (χ0) is 16.4. The number of hydrogen-bond donors (Lipinski definition) is 0. The van der Waals surface area contributed by atoms with Crippen LogP contribution in [-0.4, -0.2) is 28.5 Å². The van der Waals surface area contributed by atoms with Gasteiger partial charge in [-0.3, -0.25) is 9.69 Å². The van der Waals surface area contributed by atoms with Gasteiger partial charge < -0.3 is 4.74 Å². The molecule has 2 aromatic rings. The van der Waals surface area contributed by atoms with Gasteiger partial charge in [0.15, 0.2) is 0 Å². The van der Waals surface area contributed by atoms with E-state index in [1.807, 2.05) is 25.2 Å². The second-order valence-corrected chi connectivity index (χ2v) is 8.09. The Hall–Kier alpha value is -1.24. The van der Waals surface area contributed by atoms with E-state index in [0.717, 1.165) is 30.2 Å². The van der Waals surface area contributed by atoms with Gasteiger partial charge in [-0.25, -0.2) is 4.98 Å². The second-order valence-electron chi connectivity index (χ2n) is 6.14. The van der Waals surface area contributed by atoms with E-state index < -0.39 is 0 Å². The van der Waals surface area contributed by atoms with Gasteiger partial charge in [0.25, 0.3) is 0 Å². The van der Waals surface area contributed by atoms with Crippen molar-refractivity contribution in [2.24, 2.45) is 0 Å². The van der Waals surface area contributed by atoms with E-state index in [1.54, 1.807) is 11.3 Å². The number of thiophene rings is 1. The van der Waals surface area contributed by atoms with Crippen LogP contribution in [0.1, 0.15) is 48.0 Å². The van der Waals surface area contributed by atoms with Crippen LogP contribution in [0, 0.1) is 0 Å². The fraction of sp³-hybridized carbons (Fsp3) is 0.529. The molecule has 3 rings (SSSR count). The zero-order valence-electron chi connectivity index (χ0n) is 13.7. The van der Waals surface area contributed by atoms with Crippen molar-refractivity contribution in [1.29, 1.82) is 0 Å². The van der Waals surface area contributed by atoms with Crippen LogP contribution in [0.15, 0.2) is 16.8 Å². The van der Waals surface area contributed by atoms with Gasteiger partial charge in [-0.15, -0.1) is 22.7 Å². The molecule has 0 bridgehead atoms. The van der Waals surface area contributed by atoms with E-state index in [1.165, 1.54) is 10.4 Å². The SMILES string of the molecule is CC(C)OC(=O)Cc1nc(CN2CCc3sccc3C2C)cs1. The predicted molar refractivity (Wildman–Crippen MR) is 93.9 cm³/mol. The molecule has 0 fully saturated rings.